The van der Waals surface area contributed by atoms with Gasteiger partial charge in [0, 0.05) is 0 Å². The summed E-state index contributed by atoms with van der Waals surface area (Å²) in [5, 5.41) is 13.1. The molecule has 0 bridgehead atoms. The van der Waals surface area contributed by atoms with Crippen LogP contribution in [0.2, 0.25) is 0 Å². The van der Waals surface area contributed by atoms with Gasteiger partial charge in [0.1, 0.15) is 6.04 Å². The zero-order chi connectivity index (χ0) is 7.56. The molecule has 1 fully saturated rings. The number of carbonyl (C=O) groups excluding carboxylic acids is 2. The number of piperazine rings is 1. The first-order valence-corrected chi connectivity index (χ1v) is 2.92. The van der Waals surface area contributed by atoms with Gasteiger partial charge in [-0.05, 0) is 0 Å². The van der Waals surface area contributed by atoms with E-state index in [1.165, 1.54) is 0 Å². The Morgan fingerprint density at radius 2 is 2.30 bits per heavy atom. The summed E-state index contributed by atoms with van der Waals surface area (Å²) in [6.45, 7) is -0.340. The van der Waals surface area contributed by atoms with Gasteiger partial charge in [0.2, 0.25) is 11.8 Å². The topological polar surface area (TPSA) is 78.4 Å². The van der Waals surface area contributed by atoms with Crippen LogP contribution in [0.25, 0.3) is 0 Å². The molecule has 0 aromatic heterocycles. The average Bonchev–Trinajstić information content (AvgIpc) is 1.94. The molecule has 0 radical (unpaired) electrons. The van der Waals surface area contributed by atoms with Crippen LogP contribution in [0.5, 0.6) is 0 Å². The van der Waals surface area contributed by atoms with Crippen molar-refractivity contribution in [3.05, 3.63) is 0 Å². The first kappa shape index (κ1) is 7.01. The van der Waals surface area contributed by atoms with E-state index >= 15 is 0 Å². The van der Waals surface area contributed by atoms with E-state index in [0.717, 1.165) is 0 Å². The van der Waals surface area contributed by atoms with Crippen molar-refractivity contribution >= 4 is 11.8 Å². The molecule has 1 rings (SSSR count). The summed E-state index contributed by atoms with van der Waals surface area (Å²) in [5.74, 6) is -0.597. The Morgan fingerprint density at radius 3 is 2.80 bits per heavy atom. The summed E-state index contributed by atoms with van der Waals surface area (Å²) >= 11 is 0. The van der Waals surface area contributed by atoms with Crippen LogP contribution in [0, 0.1) is 0 Å². The summed E-state index contributed by atoms with van der Waals surface area (Å²) in [6.07, 6.45) is 0. The van der Waals surface area contributed by atoms with E-state index in [1.807, 2.05) is 0 Å². The number of aliphatic hydroxyl groups is 1. The van der Waals surface area contributed by atoms with Crippen LogP contribution in [-0.4, -0.2) is 36.1 Å². The third-order valence-electron chi connectivity index (χ3n) is 1.26. The van der Waals surface area contributed by atoms with Gasteiger partial charge in [0.15, 0.2) is 0 Å². The highest BCUT2D eigenvalue weighted by molar-refractivity contribution is 5.94. The fourth-order valence-corrected chi connectivity index (χ4v) is 0.730. The Bertz CT molecular complexity index is 168. The van der Waals surface area contributed by atoms with E-state index in [1.54, 1.807) is 0 Å². The summed E-state index contributed by atoms with van der Waals surface area (Å²) in [6, 6.07) is -0.763. The molecule has 0 aromatic rings. The van der Waals surface area contributed by atoms with Crippen molar-refractivity contribution in [2.45, 2.75) is 6.04 Å². The molecular weight excluding hydrogens is 136 g/mol. The van der Waals surface area contributed by atoms with Crippen LogP contribution in [0.1, 0.15) is 0 Å². The van der Waals surface area contributed by atoms with Gasteiger partial charge < -0.3 is 15.7 Å². The molecule has 1 saturated heterocycles. The van der Waals surface area contributed by atoms with Gasteiger partial charge in [-0.3, -0.25) is 9.59 Å². The number of rotatable bonds is 1. The smallest absolute Gasteiger partial charge is 0.245 e. The molecule has 1 unspecified atom stereocenters. The summed E-state index contributed by atoms with van der Waals surface area (Å²) < 4.78 is 0. The van der Waals surface area contributed by atoms with E-state index in [2.05, 4.69) is 10.6 Å². The molecular formula is C5H8N2O3. The Hall–Kier alpha value is -1.10. The second-order valence-electron chi connectivity index (χ2n) is 2.02. The highest BCUT2D eigenvalue weighted by atomic mass is 16.3. The van der Waals surface area contributed by atoms with Crippen LogP contribution in [0.4, 0.5) is 0 Å². The molecule has 1 heterocycles. The van der Waals surface area contributed by atoms with Gasteiger partial charge in [-0.2, -0.15) is 0 Å². The molecule has 2 amide bonds. The lowest BCUT2D eigenvalue weighted by molar-refractivity contribution is -0.134. The van der Waals surface area contributed by atoms with E-state index < -0.39 is 6.04 Å². The van der Waals surface area contributed by atoms with Gasteiger partial charge >= 0.3 is 0 Å². The molecule has 0 aliphatic carbocycles. The van der Waals surface area contributed by atoms with E-state index in [4.69, 9.17) is 5.11 Å². The average molecular weight is 144 g/mol. The van der Waals surface area contributed by atoms with Gasteiger partial charge in [0.05, 0.1) is 13.2 Å². The first-order chi connectivity index (χ1) is 4.74. The molecule has 0 aromatic carbocycles. The van der Waals surface area contributed by atoms with Crippen molar-refractivity contribution < 1.29 is 14.7 Å². The minimum atomic E-state index is -0.763. The quantitative estimate of drug-likeness (QED) is 0.383. The molecule has 10 heavy (non-hydrogen) atoms. The van der Waals surface area contributed by atoms with E-state index in [0.29, 0.717) is 0 Å². The van der Waals surface area contributed by atoms with Crippen LogP contribution >= 0.6 is 0 Å². The number of aliphatic hydroxyl groups excluding tert-OH is 1. The number of amides is 2. The molecule has 0 saturated carbocycles. The van der Waals surface area contributed by atoms with Crippen molar-refractivity contribution in [1.82, 2.24) is 10.6 Å². The van der Waals surface area contributed by atoms with Gasteiger partial charge in [-0.1, -0.05) is 0 Å². The lowest BCUT2D eigenvalue weighted by Crippen LogP contribution is -2.57. The molecule has 5 heteroatoms. The SMILES string of the molecule is O=C1CNC(=O)C(CO)N1. The van der Waals surface area contributed by atoms with Crippen LogP contribution in [0.15, 0.2) is 0 Å². The summed E-state index contributed by atoms with van der Waals surface area (Å²) in [4.78, 5) is 21.2. The Kier molecular flexibility index (Phi) is 1.86. The predicted molar refractivity (Wildman–Crippen MR) is 32.0 cm³/mol. The van der Waals surface area contributed by atoms with Crippen molar-refractivity contribution in [2.75, 3.05) is 13.2 Å². The van der Waals surface area contributed by atoms with Crippen LogP contribution in [0.3, 0.4) is 0 Å². The lowest BCUT2D eigenvalue weighted by atomic mass is 10.2. The van der Waals surface area contributed by atoms with Crippen LogP contribution < -0.4 is 10.6 Å². The fraction of sp³-hybridized carbons (Fsp3) is 0.600. The van der Waals surface area contributed by atoms with E-state index in [-0.39, 0.29) is 25.0 Å². The predicted octanol–water partition coefficient (Wildman–Crippen LogP) is -2.41. The van der Waals surface area contributed by atoms with Gasteiger partial charge in [-0.15, -0.1) is 0 Å². The minimum Gasteiger partial charge on any atom is -0.394 e. The molecule has 56 valence electrons. The first-order valence-electron chi connectivity index (χ1n) is 2.92. The van der Waals surface area contributed by atoms with Crippen molar-refractivity contribution in [1.29, 1.82) is 0 Å². The second-order valence-corrected chi connectivity index (χ2v) is 2.02. The monoisotopic (exact) mass is 144 g/mol. The summed E-state index contributed by atoms with van der Waals surface area (Å²) in [7, 11) is 0. The number of hydrogen-bond donors (Lipinski definition) is 3. The van der Waals surface area contributed by atoms with Crippen molar-refractivity contribution in [3.63, 3.8) is 0 Å². The highest BCUT2D eigenvalue weighted by Crippen LogP contribution is 1.87. The molecule has 3 N–H and O–H groups in total. The maximum atomic E-state index is 10.7. The molecule has 5 nitrogen and oxygen atoms in total. The lowest BCUT2D eigenvalue weighted by Gasteiger charge is -2.20. The number of carbonyl (C=O) groups is 2. The second kappa shape index (κ2) is 2.66. The zero-order valence-electron chi connectivity index (χ0n) is 5.26. The molecule has 1 aliphatic heterocycles. The minimum absolute atomic E-state index is 0.00926. The largest absolute Gasteiger partial charge is 0.394 e. The highest BCUT2D eigenvalue weighted by Gasteiger charge is 2.24. The molecule has 1 atom stereocenters. The van der Waals surface area contributed by atoms with E-state index in [9.17, 15) is 9.59 Å². The molecule has 1 aliphatic rings. The molecule has 0 spiro atoms. The van der Waals surface area contributed by atoms with Crippen molar-refractivity contribution in [3.8, 4) is 0 Å². The van der Waals surface area contributed by atoms with Gasteiger partial charge in [-0.25, -0.2) is 0 Å². The Labute approximate surface area is 57.4 Å². The Balaban J connectivity index is 2.53. The number of hydrogen-bond acceptors (Lipinski definition) is 3. The maximum Gasteiger partial charge on any atom is 0.245 e. The third kappa shape index (κ3) is 1.24. The van der Waals surface area contributed by atoms with Crippen molar-refractivity contribution in [2.24, 2.45) is 0 Å². The normalized spacial score (nSPS) is 25.5. The Morgan fingerprint density at radius 1 is 1.60 bits per heavy atom. The standard InChI is InChI=1S/C5H8N2O3/c8-2-3-5(10)6-1-4(9)7-3/h3,8H,1-2H2,(H,6,10)(H,7,9). The summed E-state index contributed by atoms with van der Waals surface area (Å²) in [5.41, 5.74) is 0. The third-order valence-corrected chi connectivity index (χ3v) is 1.26. The van der Waals surface area contributed by atoms with Gasteiger partial charge in [0.25, 0.3) is 0 Å². The van der Waals surface area contributed by atoms with Crippen LogP contribution in [-0.2, 0) is 9.59 Å². The maximum absolute atomic E-state index is 10.7. The number of nitrogens with one attached hydrogen (secondary N) is 2. The fourth-order valence-electron chi connectivity index (χ4n) is 0.730. The zero-order valence-corrected chi connectivity index (χ0v) is 5.26.